The summed E-state index contributed by atoms with van der Waals surface area (Å²) in [6.45, 7) is 2.88. The molecule has 0 radical (unpaired) electrons. The Hall–Kier alpha value is -2.60. The summed E-state index contributed by atoms with van der Waals surface area (Å²) in [5.41, 5.74) is 5.79. The van der Waals surface area contributed by atoms with Gasteiger partial charge in [-0.3, -0.25) is 4.90 Å². The summed E-state index contributed by atoms with van der Waals surface area (Å²) in [6, 6.07) is 9.08. The second-order valence-corrected chi connectivity index (χ2v) is 7.49. The fourth-order valence-electron chi connectivity index (χ4n) is 4.82. The zero-order valence-electron chi connectivity index (χ0n) is 16.0. The number of methoxy groups -OCH3 is 2. The minimum Gasteiger partial charge on any atom is -0.493 e. The molecular formula is C21H24N4O2. The van der Waals surface area contributed by atoms with Crippen LogP contribution in [0.4, 0.5) is 0 Å². The van der Waals surface area contributed by atoms with Crippen molar-refractivity contribution in [2.45, 2.75) is 44.8 Å². The van der Waals surface area contributed by atoms with Crippen LogP contribution in [0.2, 0.25) is 0 Å². The lowest BCUT2D eigenvalue weighted by Crippen LogP contribution is -2.38. The van der Waals surface area contributed by atoms with Crippen LogP contribution in [0.15, 0.2) is 30.5 Å². The Morgan fingerprint density at radius 1 is 1.19 bits per heavy atom. The average Bonchev–Trinajstić information content (AvgIpc) is 3.19. The molecule has 3 aromatic rings. The number of nitrogens with zero attached hydrogens (tertiary/aromatic N) is 4. The van der Waals surface area contributed by atoms with Crippen molar-refractivity contribution in [3.63, 3.8) is 0 Å². The SMILES string of the molecule is COc1cccc(CN2[C@H]3CC[C@@H]2c2cnc4cc(C)nn4c2C3)c1OC. The van der Waals surface area contributed by atoms with Crippen LogP contribution < -0.4 is 9.47 Å². The van der Waals surface area contributed by atoms with Gasteiger partial charge in [-0.25, -0.2) is 9.50 Å². The lowest BCUT2D eigenvalue weighted by atomic mass is 9.98. The van der Waals surface area contributed by atoms with Crippen LogP contribution >= 0.6 is 0 Å². The second kappa shape index (κ2) is 6.23. The Bertz CT molecular complexity index is 1010. The molecule has 140 valence electrons. The van der Waals surface area contributed by atoms with Crippen LogP contribution in [0.3, 0.4) is 0 Å². The van der Waals surface area contributed by atoms with Crippen LogP contribution in [0.25, 0.3) is 5.65 Å². The number of benzene rings is 1. The quantitative estimate of drug-likeness (QED) is 0.711. The normalized spacial score (nSPS) is 21.4. The number of hydrogen-bond donors (Lipinski definition) is 0. The van der Waals surface area contributed by atoms with Gasteiger partial charge in [-0.1, -0.05) is 12.1 Å². The maximum absolute atomic E-state index is 5.65. The molecule has 2 aliphatic heterocycles. The minimum absolute atomic E-state index is 0.385. The Labute approximate surface area is 158 Å². The van der Waals surface area contributed by atoms with E-state index < -0.39 is 0 Å². The van der Waals surface area contributed by atoms with Crippen molar-refractivity contribution < 1.29 is 9.47 Å². The summed E-state index contributed by atoms with van der Waals surface area (Å²) in [4.78, 5) is 7.26. The molecular weight excluding hydrogens is 340 g/mol. The second-order valence-electron chi connectivity index (χ2n) is 7.49. The third-order valence-electron chi connectivity index (χ3n) is 6.01. The highest BCUT2D eigenvalue weighted by Crippen LogP contribution is 2.45. The number of fused-ring (bicyclic) bond motifs is 6. The highest BCUT2D eigenvalue weighted by molar-refractivity contribution is 5.47. The van der Waals surface area contributed by atoms with E-state index in [2.05, 4.69) is 37.8 Å². The molecule has 5 rings (SSSR count). The monoisotopic (exact) mass is 364 g/mol. The van der Waals surface area contributed by atoms with Crippen LogP contribution in [0.5, 0.6) is 11.5 Å². The minimum atomic E-state index is 0.385. The van der Waals surface area contributed by atoms with E-state index in [1.54, 1.807) is 14.2 Å². The molecule has 2 atom stereocenters. The first-order chi connectivity index (χ1) is 13.2. The summed E-state index contributed by atoms with van der Waals surface area (Å²) in [6.07, 6.45) is 5.44. The van der Waals surface area contributed by atoms with Gasteiger partial charge in [0.2, 0.25) is 0 Å². The highest BCUT2D eigenvalue weighted by Gasteiger charge is 2.41. The van der Waals surface area contributed by atoms with Crippen molar-refractivity contribution in [1.82, 2.24) is 19.5 Å². The molecule has 4 heterocycles. The lowest BCUT2D eigenvalue weighted by molar-refractivity contribution is 0.163. The van der Waals surface area contributed by atoms with Crippen molar-refractivity contribution >= 4 is 5.65 Å². The first-order valence-corrected chi connectivity index (χ1v) is 9.49. The standard InChI is InChI=1S/C21H24N4O2/c1-13-9-20-22-11-16-17-8-7-15(10-18(16)25(20)23-13)24(17)12-14-5-4-6-19(26-2)21(14)27-3/h4-6,9,11,15,17H,7-8,10,12H2,1-3H3/t15-,17+/m0/s1. The van der Waals surface area contributed by atoms with Gasteiger partial charge in [-0.2, -0.15) is 5.10 Å². The van der Waals surface area contributed by atoms with Crippen molar-refractivity contribution in [3.8, 4) is 11.5 Å². The summed E-state index contributed by atoms with van der Waals surface area (Å²) in [7, 11) is 3.40. The van der Waals surface area contributed by atoms with E-state index in [0.717, 1.165) is 42.2 Å². The largest absolute Gasteiger partial charge is 0.493 e. The van der Waals surface area contributed by atoms with Gasteiger partial charge in [-0.15, -0.1) is 0 Å². The maximum Gasteiger partial charge on any atom is 0.165 e. The van der Waals surface area contributed by atoms with E-state index in [9.17, 15) is 0 Å². The first-order valence-electron chi connectivity index (χ1n) is 9.49. The molecule has 0 saturated carbocycles. The molecule has 0 aliphatic carbocycles. The van der Waals surface area contributed by atoms with Gasteiger partial charge in [0, 0.05) is 48.4 Å². The van der Waals surface area contributed by atoms with E-state index in [1.807, 2.05) is 19.1 Å². The summed E-state index contributed by atoms with van der Waals surface area (Å²) >= 11 is 0. The van der Waals surface area contributed by atoms with Gasteiger partial charge in [0.05, 0.1) is 25.6 Å². The molecule has 1 fully saturated rings. The smallest absolute Gasteiger partial charge is 0.165 e. The molecule has 2 aromatic heterocycles. The number of aryl methyl sites for hydroxylation is 1. The van der Waals surface area contributed by atoms with Crippen LogP contribution in [-0.4, -0.2) is 39.8 Å². The Morgan fingerprint density at radius 3 is 2.89 bits per heavy atom. The molecule has 1 saturated heterocycles. The van der Waals surface area contributed by atoms with Gasteiger partial charge in [0.15, 0.2) is 17.1 Å². The van der Waals surface area contributed by atoms with E-state index in [1.165, 1.54) is 23.2 Å². The van der Waals surface area contributed by atoms with Gasteiger partial charge in [0.25, 0.3) is 0 Å². The molecule has 0 unspecified atom stereocenters. The van der Waals surface area contributed by atoms with Gasteiger partial charge in [-0.05, 0) is 25.8 Å². The average molecular weight is 364 g/mol. The number of rotatable bonds is 4. The van der Waals surface area contributed by atoms with E-state index in [0.29, 0.717) is 12.1 Å². The molecule has 27 heavy (non-hydrogen) atoms. The number of ether oxygens (including phenoxy) is 2. The summed E-state index contributed by atoms with van der Waals surface area (Å²) < 4.78 is 13.2. The number of para-hydroxylation sites is 1. The van der Waals surface area contributed by atoms with Crippen molar-refractivity contribution in [1.29, 1.82) is 0 Å². The van der Waals surface area contributed by atoms with E-state index in [-0.39, 0.29) is 0 Å². The fraction of sp³-hybridized carbons (Fsp3) is 0.429. The summed E-state index contributed by atoms with van der Waals surface area (Å²) in [5.74, 6) is 1.62. The van der Waals surface area contributed by atoms with Crippen LogP contribution in [-0.2, 0) is 13.0 Å². The summed E-state index contributed by atoms with van der Waals surface area (Å²) in [5, 5.41) is 4.68. The molecule has 0 amide bonds. The zero-order valence-corrected chi connectivity index (χ0v) is 16.0. The predicted octanol–water partition coefficient (Wildman–Crippen LogP) is 3.32. The van der Waals surface area contributed by atoms with E-state index >= 15 is 0 Å². The molecule has 2 aliphatic rings. The van der Waals surface area contributed by atoms with E-state index in [4.69, 9.17) is 9.47 Å². The third-order valence-corrected chi connectivity index (χ3v) is 6.01. The molecule has 1 aromatic carbocycles. The molecule has 6 nitrogen and oxygen atoms in total. The van der Waals surface area contributed by atoms with Crippen molar-refractivity contribution in [3.05, 3.63) is 53.0 Å². The lowest BCUT2D eigenvalue weighted by Gasteiger charge is -2.36. The molecule has 2 bridgehead atoms. The fourth-order valence-corrected chi connectivity index (χ4v) is 4.82. The van der Waals surface area contributed by atoms with Gasteiger partial charge >= 0.3 is 0 Å². The van der Waals surface area contributed by atoms with Gasteiger partial charge in [0.1, 0.15) is 0 Å². The number of aromatic nitrogens is 3. The Morgan fingerprint density at radius 2 is 2.07 bits per heavy atom. The van der Waals surface area contributed by atoms with Crippen molar-refractivity contribution in [2.24, 2.45) is 0 Å². The Balaban J connectivity index is 1.53. The molecule has 0 N–H and O–H groups in total. The van der Waals surface area contributed by atoms with Gasteiger partial charge < -0.3 is 9.47 Å². The van der Waals surface area contributed by atoms with Crippen molar-refractivity contribution in [2.75, 3.05) is 14.2 Å². The van der Waals surface area contributed by atoms with Crippen LogP contribution in [0, 0.1) is 6.92 Å². The molecule has 0 spiro atoms. The number of hydrogen-bond acceptors (Lipinski definition) is 5. The Kier molecular flexibility index (Phi) is 3.82. The highest BCUT2D eigenvalue weighted by atomic mass is 16.5. The molecule has 6 heteroatoms. The topological polar surface area (TPSA) is 51.9 Å². The van der Waals surface area contributed by atoms with Crippen LogP contribution in [0.1, 0.15) is 41.4 Å². The zero-order chi connectivity index (χ0) is 18.5. The third kappa shape index (κ3) is 2.51. The first kappa shape index (κ1) is 16.6. The predicted molar refractivity (Wildman–Crippen MR) is 102 cm³/mol. The maximum atomic E-state index is 5.65.